The van der Waals surface area contributed by atoms with Gasteiger partial charge in [0.15, 0.2) is 0 Å². The number of nitrogens with two attached hydrogens (primary N) is 1. The van der Waals surface area contributed by atoms with Gasteiger partial charge in [0.2, 0.25) is 17.8 Å². The van der Waals surface area contributed by atoms with Crippen LogP contribution in [-0.2, 0) is 0 Å². The molecule has 3 N–H and O–H groups in total. The molecular weight excluding hydrogens is 262 g/mol. The van der Waals surface area contributed by atoms with Crippen LogP contribution < -0.4 is 11.1 Å². The molecule has 2 aromatic rings. The largest absolute Gasteiger partial charge is 0.368 e. The molecule has 0 saturated heterocycles. The van der Waals surface area contributed by atoms with Crippen LogP contribution in [0.1, 0.15) is 13.3 Å². The molecule has 0 aliphatic carbocycles. The summed E-state index contributed by atoms with van der Waals surface area (Å²) in [7, 11) is 0. The third kappa shape index (κ3) is 3.82. The highest BCUT2D eigenvalue weighted by Gasteiger charge is 2.06. The minimum absolute atomic E-state index is 0.194. The molecule has 0 aromatic carbocycles. The molecule has 2 heterocycles. The lowest BCUT2D eigenvalue weighted by Crippen LogP contribution is -2.13. The molecule has 0 fully saturated rings. The zero-order valence-corrected chi connectivity index (χ0v) is 11.8. The van der Waals surface area contributed by atoms with Crippen LogP contribution in [0.25, 0.3) is 5.95 Å². The number of nitrogen functional groups attached to an aromatic ring is 1. The maximum atomic E-state index is 5.68. The summed E-state index contributed by atoms with van der Waals surface area (Å²) in [6, 6.07) is 0. The van der Waals surface area contributed by atoms with Crippen molar-refractivity contribution in [1.29, 1.82) is 0 Å². The van der Waals surface area contributed by atoms with Crippen LogP contribution in [0, 0.1) is 0 Å². The number of nitrogens with one attached hydrogen (secondary N) is 1. The highest BCUT2D eigenvalue weighted by Crippen LogP contribution is 2.10. The quantitative estimate of drug-likeness (QED) is 0.820. The Hall–Kier alpha value is -1.83. The van der Waals surface area contributed by atoms with Crippen LogP contribution in [-0.4, -0.2) is 42.6 Å². The van der Waals surface area contributed by atoms with Crippen molar-refractivity contribution in [3.8, 4) is 5.95 Å². The molecule has 1 atom stereocenters. The number of anilines is 2. The fourth-order valence-corrected chi connectivity index (χ4v) is 1.81. The molecule has 19 heavy (non-hydrogen) atoms. The number of hydrogen-bond acceptors (Lipinski definition) is 7. The highest BCUT2D eigenvalue weighted by atomic mass is 32.2. The van der Waals surface area contributed by atoms with E-state index in [1.54, 1.807) is 23.3 Å². The standard InChI is InChI=1S/C11H17N7S/c1-8(19-2)3-4-14-10-15-9(12)16-11(17-10)18-6-5-13-7-18/h5-8H,3-4H2,1-2H3,(H3,12,14,15,16,17). The summed E-state index contributed by atoms with van der Waals surface area (Å²) in [5, 5.41) is 3.76. The SMILES string of the molecule is CSC(C)CCNc1nc(N)nc(-n2ccnc2)n1. The maximum absolute atomic E-state index is 5.68. The summed E-state index contributed by atoms with van der Waals surface area (Å²) in [5.41, 5.74) is 5.68. The van der Waals surface area contributed by atoms with Gasteiger partial charge in [-0.1, -0.05) is 6.92 Å². The third-order valence-electron chi connectivity index (χ3n) is 2.61. The molecule has 0 aliphatic heterocycles. The lowest BCUT2D eigenvalue weighted by atomic mass is 10.3. The van der Waals surface area contributed by atoms with Gasteiger partial charge in [-0.3, -0.25) is 4.57 Å². The van der Waals surface area contributed by atoms with Crippen LogP contribution in [0.2, 0.25) is 0 Å². The molecule has 2 aromatic heterocycles. The first-order valence-corrected chi connectivity index (χ1v) is 7.24. The number of imidazole rings is 1. The molecule has 0 bridgehead atoms. The van der Waals surface area contributed by atoms with E-state index in [0.29, 0.717) is 17.1 Å². The fraction of sp³-hybridized carbons (Fsp3) is 0.455. The Labute approximate surface area is 116 Å². The first-order chi connectivity index (χ1) is 9.19. The van der Waals surface area contributed by atoms with Crippen molar-refractivity contribution in [2.24, 2.45) is 0 Å². The summed E-state index contributed by atoms with van der Waals surface area (Å²) in [5.74, 6) is 1.15. The molecule has 0 radical (unpaired) electrons. The Morgan fingerprint density at radius 3 is 2.95 bits per heavy atom. The molecule has 0 spiro atoms. The van der Waals surface area contributed by atoms with Gasteiger partial charge in [0.25, 0.3) is 0 Å². The van der Waals surface area contributed by atoms with Gasteiger partial charge in [0, 0.05) is 24.2 Å². The van der Waals surface area contributed by atoms with Crippen molar-refractivity contribution in [1.82, 2.24) is 24.5 Å². The van der Waals surface area contributed by atoms with E-state index in [0.717, 1.165) is 13.0 Å². The summed E-state index contributed by atoms with van der Waals surface area (Å²) in [4.78, 5) is 16.4. The summed E-state index contributed by atoms with van der Waals surface area (Å²) in [6.07, 6.45) is 8.17. The number of hydrogen-bond donors (Lipinski definition) is 2. The second-order valence-electron chi connectivity index (χ2n) is 4.05. The highest BCUT2D eigenvalue weighted by molar-refractivity contribution is 7.99. The van der Waals surface area contributed by atoms with Crippen molar-refractivity contribution >= 4 is 23.7 Å². The lowest BCUT2D eigenvalue weighted by Gasteiger charge is -2.10. The molecule has 7 nitrogen and oxygen atoms in total. The maximum Gasteiger partial charge on any atom is 0.241 e. The lowest BCUT2D eigenvalue weighted by molar-refractivity contribution is 0.834. The van der Waals surface area contributed by atoms with Gasteiger partial charge in [0.1, 0.15) is 6.33 Å². The Morgan fingerprint density at radius 1 is 1.42 bits per heavy atom. The van der Waals surface area contributed by atoms with E-state index in [9.17, 15) is 0 Å². The molecule has 0 saturated carbocycles. The van der Waals surface area contributed by atoms with Gasteiger partial charge in [-0.25, -0.2) is 4.98 Å². The third-order valence-corrected chi connectivity index (χ3v) is 3.65. The van der Waals surface area contributed by atoms with Crippen LogP contribution >= 0.6 is 11.8 Å². The monoisotopic (exact) mass is 279 g/mol. The van der Waals surface area contributed by atoms with Crippen LogP contribution in [0.3, 0.4) is 0 Å². The van der Waals surface area contributed by atoms with Gasteiger partial charge in [-0.15, -0.1) is 0 Å². The Balaban J connectivity index is 2.05. The first-order valence-electron chi connectivity index (χ1n) is 5.95. The van der Waals surface area contributed by atoms with Gasteiger partial charge >= 0.3 is 0 Å². The second kappa shape index (κ2) is 6.37. The summed E-state index contributed by atoms with van der Waals surface area (Å²) >= 11 is 1.83. The molecular formula is C11H17N7S. The smallest absolute Gasteiger partial charge is 0.241 e. The van der Waals surface area contributed by atoms with Crippen LogP contribution in [0.4, 0.5) is 11.9 Å². The number of nitrogens with zero attached hydrogens (tertiary/aromatic N) is 5. The fourth-order valence-electron chi connectivity index (χ4n) is 1.46. The van der Waals surface area contributed by atoms with Crippen molar-refractivity contribution in [2.45, 2.75) is 18.6 Å². The first kappa shape index (κ1) is 13.6. The normalized spacial score (nSPS) is 12.3. The zero-order chi connectivity index (χ0) is 13.7. The van der Waals surface area contributed by atoms with E-state index in [2.05, 4.69) is 38.4 Å². The number of rotatable bonds is 6. The van der Waals surface area contributed by atoms with E-state index in [-0.39, 0.29) is 5.95 Å². The van der Waals surface area contributed by atoms with Gasteiger partial charge < -0.3 is 11.1 Å². The molecule has 2 rings (SSSR count). The Bertz CT molecular complexity index is 514. The molecule has 0 amide bonds. The van der Waals surface area contributed by atoms with Crippen molar-refractivity contribution < 1.29 is 0 Å². The van der Waals surface area contributed by atoms with Crippen LogP contribution in [0.15, 0.2) is 18.7 Å². The van der Waals surface area contributed by atoms with E-state index in [4.69, 9.17) is 5.73 Å². The van der Waals surface area contributed by atoms with Gasteiger partial charge in [-0.2, -0.15) is 26.7 Å². The van der Waals surface area contributed by atoms with Crippen molar-refractivity contribution in [2.75, 3.05) is 23.9 Å². The average Bonchev–Trinajstić information content (AvgIpc) is 2.91. The van der Waals surface area contributed by atoms with Crippen molar-refractivity contribution in [3.63, 3.8) is 0 Å². The molecule has 8 heteroatoms. The Kier molecular flexibility index (Phi) is 4.56. The zero-order valence-electron chi connectivity index (χ0n) is 10.9. The summed E-state index contributed by atoms with van der Waals surface area (Å²) < 4.78 is 1.69. The molecule has 102 valence electrons. The molecule has 1 unspecified atom stereocenters. The number of aromatic nitrogens is 5. The van der Waals surface area contributed by atoms with E-state index < -0.39 is 0 Å². The predicted molar refractivity (Wildman–Crippen MR) is 77.4 cm³/mol. The van der Waals surface area contributed by atoms with Gasteiger partial charge in [-0.05, 0) is 12.7 Å². The number of thioether (sulfide) groups is 1. The Morgan fingerprint density at radius 2 is 2.26 bits per heavy atom. The predicted octanol–water partition coefficient (Wildman–Crippen LogP) is 1.19. The van der Waals surface area contributed by atoms with Crippen molar-refractivity contribution in [3.05, 3.63) is 18.7 Å². The molecule has 0 aliphatic rings. The van der Waals surface area contributed by atoms with E-state index >= 15 is 0 Å². The topological polar surface area (TPSA) is 94.5 Å². The van der Waals surface area contributed by atoms with Gasteiger partial charge in [0.05, 0.1) is 0 Å². The van der Waals surface area contributed by atoms with E-state index in [1.807, 2.05) is 11.8 Å². The minimum Gasteiger partial charge on any atom is -0.368 e. The van der Waals surface area contributed by atoms with E-state index in [1.165, 1.54) is 0 Å². The average molecular weight is 279 g/mol. The second-order valence-corrected chi connectivity index (χ2v) is 5.33. The van der Waals surface area contributed by atoms with Crippen LogP contribution in [0.5, 0.6) is 0 Å². The minimum atomic E-state index is 0.194. The summed E-state index contributed by atoms with van der Waals surface area (Å²) in [6.45, 7) is 2.99.